The maximum absolute atomic E-state index is 12.5. The Morgan fingerprint density at radius 3 is 2.42 bits per heavy atom. The molecule has 0 atom stereocenters. The Morgan fingerprint density at radius 1 is 1.32 bits per heavy atom. The lowest BCUT2D eigenvalue weighted by atomic mass is 9.84. The highest BCUT2D eigenvalue weighted by Gasteiger charge is 2.55. The van der Waals surface area contributed by atoms with Gasteiger partial charge in [-0.15, -0.1) is 0 Å². The van der Waals surface area contributed by atoms with E-state index in [1.54, 1.807) is 7.05 Å². The molecule has 1 saturated heterocycles. The van der Waals surface area contributed by atoms with Gasteiger partial charge in [0, 0.05) is 12.7 Å². The molecule has 0 bridgehead atoms. The number of hydrogen-bond donors (Lipinski definition) is 0. The van der Waals surface area contributed by atoms with Crippen LogP contribution in [0.2, 0.25) is 0 Å². The number of carbonyl (C=O) groups excluding carboxylic acids is 2. The second kappa shape index (κ2) is 5.01. The van der Waals surface area contributed by atoms with Crippen molar-refractivity contribution in [3.05, 3.63) is 29.8 Å². The van der Waals surface area contributed by atoms with Crippen LogP contribution in [-0.4, -0.2) is 39.2 Å². The first-order valence-corrected chi connectivity index (χ1v) is 6.03. The van der Waals surface area contributed by atoms with Crippen molar-refractivity contribution in [3.8, 4) is 0 Å². The van der Waals surface area contributed by atoms with E-state index >= 15 is 0 Å². The molecule has 1 aliphatic rings. The lowest BCUT2D eigenvalue weighted by Gasteiger charge is -2.39. The SMILES string of the molecule is COC(=O)C1(C(=O)N(C)c2ccccc2C)COC1. The number of hydrogen-bond acceptors (Lipinski definition) is 4. The number of para-hydroxylation sites is 1. The molecule has 0 aliphatic carbocycles. The van der Waals surface area contributed by atoms with Gasteiger partial charge in [-0.2, -0.15) is 0 Å². The third kappa shape index (κ3) is 2.10. The summed E-state index contributed by atoms with van der Waals surface area (Å²) >= 11 is 0. The molecule has 1 aliphatic heterocycles. The quantitative estimate of drug-likeness (QED) is 0.606. The number of benzene rings is 1. The van der Waals surface area contributed by atoms with Gasteiger partial charge >= 0.3 is 5.97 Å². The van der Waals surface area contributed by atoms with Crippen molar-refractivity contribution in [1.29, 1.82) is 0 Å². The zero-order valence-corrected chi connectivity index (χ0v) is 11.3. The van der Waals surface area contributed by atoms with Crippen molar-refractivity contribution in [2.75, 3.05) is 32.3 Å². The molecular weight excluding hydrogens is 246 g/mol. The molecule has 1 amide bonds. The van der Waals surface area contributed by atoms with Gasteiger partial charge < -0.3 is 14.4 Å². The summed E-state index contributed by atoms with van der Waals surface area (Å²) < 4.78 is 9.78. The largest absolute Gasteiger partial charge is 0.468 e. The lowest BCUT2D eigenvalue weighted by Crippen LogP contribution is -2.59. The van der Waals surface area contributed by atoms with E-state index in [1.165, 1.54) is 12.0 Å². The summed E-state index contributed by atoms with van der Waals surface area (Å²) in [6, 6.07) is 7.52. The van der Waals surface area contributed by atoms with Crippen LogP contribution in [0.4, 0.5) is 5.69 Å². The van der Waals surface area contributed by atoms with Crippen LogP contribution in [0.3, 0.4) is 0 Å². The van der Waals surface area contributed by atoms with Crippen LogP contribution < -0.4 is 4.90 Å². The molecule has 1 fully saturated rings. The Balaban J connectivity index is 2.29. The van der Waals surface area contributed by atoms with E-state index in [9.17, 15) is 9.59 Å². The summed E-state index contributed by atoms with van der Waals surface area (Å²) in [5, 5.41) is 0. The number of nitrogens with zero attached hydrogens (tertiary/aromatic N) is 1. The minimum Gasteiger partial charge on any atom is -0.468 e. The molecule has 19 heavy (non-hydrogen) atoms. The second-order valence-corrected chi connectivity index (χ2v) is 4.72. The van der Waals surface area contributed by atoms with E-state index in [-0.39, 0.29) is 19.1 Å². The number of amides is 1. The van der Waals surface area contributed by atoms with Gasteiger partial charge in [0.2, 0.25) is 5.91 Å². The van der Waals surface area contributed by atoms with Gasteiger partial charge in [0.15, 0.2) is 5.41 Å². The third-order valence-corrected chi connectivity index (χ3v) is 3.46. The van der Waals surface area contributed by atoms with Crippen molar-refractivity contribution in [2.45, 2.75) is 6.92 Å². The molecule has 1 aromatic carbocycles. The van der Waals surface area contributed by atoms with E-state index in [4.69, 9.17) is 9.47 Å². The normalized spacial score (nSPS) is 16.4. The smallest absolute Gasteiger partial charge is 0.326 e. The zero-order valence-electron chi connectivity index (χ0n) is 11.3. The Labute approximate surface area is 112 Å². The van der Waals surface area contributed by atoms with E-state index in [2.05, 4.69) is 0 Å². The topological polar surface area (TPSA) is 55.8 Å². The van der Waals surface area contributed by atoms with Gasteiger partial charge in [-0.1, -0.05) is 18.2 Å². The van der Waals surface area contributed by atoms with Crippen molar-refractivity contribution < 1.29 is 19.1 Å². The van der Waals surface area contributed by atoms with Crippen molar-refractivity contribution in [1.82, 2.24) is 0 Å². The fourth-order valence-electron chi connectivity index (χ4n) is 2.20. The zero-order chi connectivity index (χ0) is 14.0. The predicted octanol–water partition coefficient (Wildman–Crippen LogP) is 1.15. The summed E-state index contributed by atoms with van der Waals surface area (Å²) in [4.78, 5) is 25.9. The van der Waals surface area contributed by atoms with Gasteiger partial charge in [0.25, 0.3) is 0 Å². The van der Waals surface area contributed by atoms with Crippen molar-refractivity contribution in [2.24, 2.45) is 5.41 Å². The maximum Gasteiger partial charge on any atom is 0.326 e. The van der Waals surface area contributed by atoms with E-state index < -0.39 is 11.4 Å². The van der Waals surface area contributed by atoms with Crippen LogP contribution in [-0.2, 0) is 19.1 Å². The van der Waals surface area contributed by atoms with Crippen molar-refractivity contribution in [3.63, 3.8) is 0 Å². The Morgan fingerprint density at radius 2 is 1.95 bits per heavy atom. The standard InChI is InChI=1S/C14H17NO4/c1-10-6-4-5-7-11(10)15(2)12(16)14(8-19-9-14)13(17)18-3/h4-7H,8-9H2,1-3H3. The first-order chi connectivity index (χ1) is 9.03. The number of anilines is 1. The van der Waals surface area contributed by atoms with Gasteiger partial charge in [0.05, 0.1) is 20.3 Å². The summed E-state index contributed by atoms with van der Waals surface area (Å²) in [7, 11) is 2.94. The lowest BCUT2D eigenvalue weighted by molar-refractivity contribution is -0.186. The molecule has 102 valence electrons. The first kappa shape index (κ1) is 13.5. The summed E-state index contributed by atoms with van der Waals surface area (Å²) in [6.07, 6.45) is 0. The maximum atomic E-state index is 12.5. The van der Waals surface area contributed by atoms with Crippen LogP contribution in [0.5, 0.6) is 0 Å². The van der Waals surface area contributed by atoms with Crippen LogP contribution in [0.25, 0.3) is 0 Å². The minimum absolute atomic E-state index is 0.0781. The predicted molar refractivity (Wildman–Crippen MR) is 69.9 cm³/mol. The average Bonchev–Trinajstić information content (AvgIpc) is 2.36. The van der Waals surface area contributed by atoms with Gasteiger partial charge in [-0.05, 0) is 18.6 Å². The fraction of sp³-hybridized carbons (Fsp3) is 0.429. The Hall–Kier alpha value is -1.88. The minimum atomic E-state index is -1.19. The molecule has 0 spiro atoms. The van der Waals surface area contributed by atoms with Crippen LogP contribution in [0, 0.1) is 12.3 Å². The van der Waals surface area contributed by atoms with E-state index in [0.29, 0.717) is 0 Å². The van der Waals surface area contributed by atoms with Gasteiger partial charge in [0.1, 0.15) is 0 Å². The Kier molecular flexibility index (Phi) is 3.57. The van der Waals surface area contributed by atoms with E-state index in [0.717, 1.165) is 11.3 Å². The van der Waals surface area contributed by atoms with Crippen molar-refractivity contribution >= 4 is 17.6 Å². The first-order valence-electron chi connectivity index (χ1n) is 6.03. The molecule has 0 radical (unpaired) electrons. The molecule has 0 saturated carbocycles. The van der Waals surface area contributed by atoms with Crippen LogP contribution >= 0.6 is 0 Å². The molecule has 0 aromatic heterocycles. The highest BCUT2D eigenvalue weighted by Crippen LogP contribution is 2.33. The molecule has 0 N–H and O–H groups in total. The average molecular weight is 263 g/mol. The molecule has 1 heterocycles. The third-order valence-electron chi connectivity index (χ3n) is 3.46. The van der Waals surface area contributed by atoms with Gasteiger partial charge in [-0.3, -0.25) is 9.59 Å². The van der Waals surface area contributed by atoms with Crippen LogP contribution in [0.15, 0.2) is 24.3 Å². The monoisotopic (exact) mass is 263 g/mol. The molecule has 5 nitrogen and oxygen atoms in total. The van der Waals surface area contributed by atoms with Gasteiger partial charge in [-0.25, -0.2) is 0 Å². The van der Waals surface area contributed by atoms with Crippen LogP contribution in [0.1, 0.15) is 5.56 Å². The summed E-state index contributed by atoms with van der Waals surface area (Å²) in [5.74, 6) is -0.830. The Bertz CT molecular complexity index is 508. The number of carbonyl (C=O) groups is 2. The molecular formula is C14H17NO4. The number of aryl methyl sites for hydroxylation is 1. The summed E-state index contributed by atoms with van der Waals surface area (Å²) in [5.41, 5.74) is 0.562. The second-order valence-electron chi connectivity index (χ2n) is 4.72. The molecule has 0 unspecified atom stereocenters. The fourth-order valence-corrected chi connectivity index (χ4v) is 2.20. The number of rotatable bonds is 3. The number of esters is 1. The molecule has 1 aromatic rings. The highest BCUT2D eigenvalue weighted by molar-refractivity contribution is 6.11. The molecule has 2 rings (SSSR count). The van der Waals surface area contributed by atoms with E-state index in [1.807, 2.05) is 31.2 Å². The number of ether oxygens (including phenoxy) is 2. The summed E-state index contributed by atoms with van der Waals surface area (Å²) in [6.45, 7) is 2.07. The highest BCUT2D eigenvalue weighted by atomic mass is 16.5. The number of methoxy groups -OCH3 is 1. The molecule has 5 heteroatoms.